The van der Waals surface area contributed by atoms with Crippen LogP contribution in [0.25, 0.3) is 22.0 Å². The molecule has 1 aromatic heterocycles. The Bertz CT molecular complexity index is 1470. The molecular weight excluding hydrogens is 438 g/mol. The maximum atomic E-state index is 13.4. The second-order valence-corrected chi connectivity index (χ2v) is 9.81. The van der Waals surface area contributed by atoms with Crippen LogP contribution in [0, 0.1) is 0 Å². The van der Waals surface area contributed by atoms with Gasteiger partial charge in [-0.1, -0.05) is 17.7 Å². The number of Topliss-reactive ketones (excluding diaryl/α,β-unsaturated/α-hetero) is 1. The summed E-state index contributed by atoms with van der Waals surface area (Å²) in [5.74, 6) is -0.155. The van der Waals surface area contributed by atoms with E-state index in [1.54, 1.807) is 0 Å². The molecule has 178 valence electrons. The van der Waals surface area contributed by atoms with E-state index in [1.807, 2.05) is 56.5 Å². The smallest absolute Gasteiger partial charge is 0.252 e. The molecule has 0 saturated heterocycles. The van der Waals surface area contributed by atoms with Crippen molar-refractivity contribution in [1.82, 2.24) is 9.88 Å². The van der Waals surface area contributed by atoms with E-state index in [0.29, 0.717) is 24.0 Å². The lowest BCUT2D eigenvalue weighted by Gasteiger charge is -2.17. The van der Waals surface area contributed by atoms with E-state index in [2.05, 4.69) is 35.1 Å². The van der Waals surface area contributed by atoms with Gasteiger partial charge in [-0.25, -0.2) is 0 Å². The first-order valence-corrected chi connectivity index (χ1v) is 12.0. The zero-order valence-electron chi connectivity index (χ0n) is 20.5. The van der Waals surface area contributed by atoms with Gasteiger partial charge in [-0.3, -0.25) is 14.4 Å². The van der Waals surface area contributed by atoms with Crippen LogP contribution >= 0.6 is 0 Å². The van der Waals surface area contributed by atoms with Gasteiger partial charge in [-0.2, -0.15) is 0 Å². The van der Waals surface area contributed by atoms with Gasteiger partial charge >= 0.3 is 0 Å². The van der Waals surface area contributed by atoms with Crippen molar-refractivity contribution in [1.29, 1.82) is 0 Å². The molecule has 5 rings (SSSR count). The molecule has 35 heavy (non-hydrogen) atoms. The van der Waals surface area contributed by atoms with Gasteiger partial charge in [0.15, 0.2) is 5.78 Å². The van der Waals surface area contributed by atoms with Crippen molar-refractivity contribution in [3.8, 4) is 11.1 Å². The van der Waals surface area contributed by atoms with Gasteiger partial charge in [-0.15, -0.1) is 0 Å². The predicted molar refractivity (Wildman–Crippen MR) is 139 cm³/mol. The lowest BCUT2D eigenvalue weighted by molar-refractivity contribution is -0.115. The Hall–Kier alpha value is -3.93. The van der Waals surface area contributed by atoms with Gasteiger partial charge in [0, 0.05) is 52.9 Å². The molecule has 2 heterocycles. The molecule has 2 aromatic carbocycles. The summed E-state index contributed by atoms with van der Waals surface area (Å²) in [4.78, 5) is 37.8. The Morgan fingerprint density at radius 1 is 1.06 bits per heavy atom. The van der Waals surface area contributed by atoms with Crippen LogP contribution in [0.5, 0.6) is 0 Å². The number of carbonyl (C=O) groups is 3. The summed E-state index contributed by atoms with van der Waals surface area (Å²) in [6, 6.07) is 12.1. The third kappa shape index (κ3) is 4.20. The second kappa shape index (κ2) is 8.69. The molecule has 3 aromatic rings. The quantitative estimate of drug-likeness (QED) is 0.531. The van der Waals surface area contributed by atoms with Gasteiger partial charge in [0.25, 0.3) is 5.91 Å². The van der Waals surface area contributed by atoms with Crippen molar-refractivity contribution in [2.75, 3.05) is 11.9 Å². The third-order valence-corrected chi connectivity index (χ3v) is 6.84. The van der Waals surface area contributed by atoms with Gasteiger partial charge in [-0.05, 0) is 80.3 Å². The minimum Gasteiger partial charge on any atom is -0.348 e. The van der Waals surface area contributed by atoms with E-state index in [0.717, 1.165) is 44.4 Å². The van der Waals surface area contributed by atoms with Crippen LogP contribution in [0.2, 0.25) is 0 Å². The average molecular weight is 468 g/mol. The van der Waals surface area contributed by atoms with Crippen molar-refractivity contribution in [3.63, 3.8) is 0 Å². The number of ketones is 1. The highest BCUT2D eigenvalue weighted by molar-refractivity contribution is 6.09. The Balaban J connectivity index is 1.54. The fraction of sp³-hybridized carbons (Fsp3) is 0.276. The summed E-state index contributed by atoms with van der Waals surface area (Å²) in [7, 11) is 0. The standard InChI is InChI=1S/C29H29N3O3/c1-16(2)32-8-7-22-23(29(35)30-15-24-18(4)9-17(3)10-27(24)33)12-20(13-26(22)32)19-5-6-25-21(11-19)14-28(34)31-25/h5-9,11-13,16H,10,14-15H2,1-4H3,(H,30,35)(H,31,34). The minimum atomic E-state index is -0.212. The Morgan fingerprint density at radius 3 is 2.60 bits per heavy atom. The summed E-state index contributed by atoms with van der Waals surface area (Å²) in [5.41, 5.74) is 7.81. The third-order valence-electron chi connectivity index (χ3n) is 6.84. The summed E-state index contributed by atoms with van der Waals surface area (Å²) < 4.78 is 2.15. The van der Waals surface area contributed by atoms with E-state index in [1.165, 1.54) is 0 Å². The van der Waals surface area contributed by atoms with E-state index >= 15 is 0 Å². The van der Waals surface area contributed by atoms with Crippen LogP contribution in [0.3, 0.4) is 0 Å². The first kappa shape index (κ1) is 22.8. The second-order valence-electron chi connectivity index (χ2n) is 9.81. The maximum Gasteiger partial charge on any atom is 0.252 e. The van der Waals surface area contributed by atoms with Crippen molar-refractivity contribution in [2.24, 2.45) is 0 Å². The van der Waals surface area contributed by atoms with Gasteiger partial charge in [0.1, 0.15) is 0 Å². The van der Waals surface area contributed by atoms with Crippen molar-refractivity contribution in [2.45, 2.75) is 46.6 Å². The topological polar surface area (TPSA) is 80.2 Å². The average Bonchev–Trinajstić information content (AvgIpc) is 3.39. The van der Waals surface area contributed by atoms with E-state index in [9.17, 15) is 14.4 Å². The molecule has 0 fully saturated rings. The Labute approximate surface area is 204 Å². The first-order chi connectivity index (χ1) is 16.7. The molecule has 1 aliphatic carbocycles. The zero-order valence-corrected chi connectivity index (χ0v) is 20.5. The monoisotopic (exact) mass is 467 g/mol. The molecule has 1 aliphatic heterocycles. The van der Waals surface area contributed by atoms with Crippen molar-refractivity contribution < 1.29 is 14.4 Å². The zero-order chi connectivity index (χ0) is 24.9. The lowest BCUT2D eigenvalue weighted by atomic mass is 9.92. The number of benzene rings is 2. The summed E-state index contributed by atoms with van der Waals surface area (Å²) in [6.45, 7) is 8.28. The predicted octanol–water partition coefficient (Wildman–Crippen LogP) is 5.35. The number of hydrogen-bond donors (Lipinski definition) is 2. The molecule has 2 N–H and O–H groups in total. The summed E-state index contributed by atoms with van der Waals surface area (Å²) in [6.07, 6.45) is 4.77. The number of hydrogen-bond acceptors (Lipinski definition) is 3. The van der Waals surface area contributed by atoms with E-state index in [-0.39, 0.29) is 30.2 Å². The number of aromatic nitrogens is 1. The molecule has 2 aliphatic rings. The molecule has 6 nitrogen and oxygen atoms in total. The largest absolute Gasteiger partial charge is 0.348 e. The molecule has 6 heteroatoms. The van der Waals surface area contributed by atoms with Crippen LogP contribution in [0.15, 0.2) is 65.4 Å². The molecule has 0 spiro atoms. The molecule has 0 saturated carbocycles. The highest BCUT2D eigenvalue weighted by atomic mass is 16.2. The number of carbonyl (C=O) groups excluding carboxylic acids is 3. The number of allylic oxidation sites excluding steroid dienone is 3. The first-order valence-electron chi connectivity index (χ1n) is 12.0. The normalized spacial score (nSPS) is 15.5. The van der Waals surface area contributed by atoms with Gasteiger partial charge in [0.05, 0.1) is 6.42 Å². The number of nitrogens with one attached hydrogen (secondary N) is 2. The fourth-order valence-electron chi connectivity index (χ4n) is 5.07. The fourth-order valence-corrected chi connectivity index (χ4v) is 5.07. The van der Waals surface area contributed by atoms with Gasteiger partial charge < -0.3 is 15.2 Å². The molecule has 0 radical (unpaired) electrons. The van der Waals surface area contributed by atoms with Crippen molar-refractivity contribution in [3.05, 3.63) is 76.5 Å². The number of amides is 2. The highest BCUT2D eigenvalue weighted by Crippen LogP contribution is 2.33. The number of rotatable bonds is 5. The summed E-state index contributed by atoms with van der Waals surface area (Å²) in [5, 5.41) is 6.73. The van der Waals surface area contributed by atoms with Gasteiger partial charge in [0.2, 0.25) is 5.91 Å². The molecule has 0 atom stereocenters. The van der Waals surface area contributed by atoms with Crippen LogP contribution in [-0.2, 0) is 16.0 Å². The SMILES string of the molecule is CC1=CC(C)=C(CNC(=O)c2cc(-c3ccc4c(c3)CC(=O)N4)cc3c2ccn3C(C)C)C(=O)C1. The number of nitrogens with zero attached hydrogens (tertiary/aromatic N) is 1. The maximum absolute atomic E-state index is 13.4. The lowest BCUT2D eigenvalue weighted by Crippen LogP contribution is -2.29. The van der Waals surface area contributed by atoms with Crippen LogP contribution < -0.4 is 10.6 Å². The summed E-state index contributed by atoms with van der Waals surface area (Å²) >= 11 is 0. The molecule has 0 bridgehead atoms. The van der Waals surface area contributed by atoms with Crippen LogP contribution in [-0.4, -0.2) is 28.7 Å². The molecular formula is C29H29N3O3. The van der Waals surface area contributed by atoms with E-state index < -0.39 is 0 Å². The van der Waals surface area contributed by atoms with Crippen molar-refractivity contribution >= 4 is 34.2 Å². The molecule has 0 unspecified atom stereocenters. The van der Waals surface area contributed by atoms with E-state index in [4.69, 9.17) is 0 Å². The highest BCUT2D eigenvalue weighted by Gasteiger charge is 2.22. The van der Waals surface area contributed by atoms with Crippen LogP contribution in [0.4, 0.5) is 5.69 Å². The Morgan fingerprint density at radius 2 is 1.86 bits per heavy atom. The molecule has 2 amide bonds. The van der Waals surface area contributed by atoms with Crippen LogP contribution in [0.1, 0.15) is 56.1 Å². The number of fused-ring (bicyclic) bond motifs is 2. The minimum absolute atomic E-state index is 0.00625. The Kier molecular flexibility index (Phi) is 5.67. The number of anilines is 1.